The Bertz CT molecular complexity index is 946. The Hall–Kier alpha value is -3.08. The average Bonchev–Trinajstić information content (AvgIpc) is 2.60. The molecule has 0 aliphatic carbocycles. The number of hydrogen-bond donors (Lipinski definition) is 2. The van der Waals surface area contributed by atoms with Crippen molar-refractivity contribution in [3.63, 3.8) is 0 Å². The van der Waals surface area contributed by atoms with Crippen LogP contribution in [-0.4, -0.2) is 15.6 Å². The molecule has 122 valence electrons. The van der Waals surface area contributed by atoms with Gasteiger partial charge in [0.1, 0.15) is 5.56 Å². The van der Waals surface area contributed by atoms with Crippen LogP contribution in [0.25, 0.3) is 10.9 Å². The predicted octanol–water partition coefficient (Wildman–Crippen LogP) is 3.33. The molecule has 0 bridgehead atoms. The summed E-state index contributed by atoms with van der Waals surface area (Å²) in [5.74, 6) is -1.22. The molecule has 0 amide bonds. The van der Waals surface area contributed by atoms with E-state index in [4.69, 9.17) is 0 Å². The number of anilines is 1. The minimum atomic E-state index is -1.22. The fraction of sp³-hybridized carbons (Fsp3) is 0.158. The maximum absolute atomic E-state index is 12.6. The summed E-state index contributed by atoms with van der Waals surface area (Å²) < 4.78 is 1.49. The molecule has 0 saturated heterocycles. The van der Waals surface area contributed by atoms with Crippen molar-refractivity contribution in [3.8, 4) is 0 Å². The Morgan fingerprint density at radius 1 is 1.08 bits per heavy atom. The lowest BCUT2D eigenvalue weighted by Crippen LogP contribution is -2.28. The second kappa shape index (κ2) is 6.58. The van der Waals surface area contributed by atoms with Gasteiger partial charge in [-0.15, -0.1) is 0 Å². The van der Waals surface area contributed by atoms with Gasteiger partial charge in [-0.1, -0.05) is 48.5 Å². The molecule has 0 fully saturated rings. The summed E-state index contributed by atoms with van der Waals surface area (Å²) in [5, 5.41) is 13.5. The van der Waals surface area contributed by atoms with Crippen molar-refractivity contribution >= 4 is 22.6 Å². The van der Waals surface area contributed by atoms with Gasteiger partial charge in [0.2, 0.25) is 0 Å². The number of para-hydroxylation sites is 1. The Labute approximate surface area is 139 Å². The van der Waals surface area contributed by atoms with Crippen molar-refractivity contribution in [2.45, 2.75) is 20.0 Å². The SMILES string of the molecule is CCn1c(=O)c(C(=O)O)c(NCc2ccccc2)c2ccccc21. The van der Waals surface area contributed by atoms with E-state index in [0.717, 1.165) is 16.5 Å². The van der Waals surface area contributed by atoms with Crippen LogP contribution in [0.3, 0.4) is 0 Å². The molecule has 2 N–H and O–H groups in total. The summed E-state index contributed by atoms with van der Waals surface area (Å²) in [7, 11) is 0. The van der Waals surface area contributed by atoms with Gasteiger partial charge in [-0.05, 0) is 18.6 Å². The monoisotopic (exact) mass is 322 g/mol. The fourth-order valence-electron chi connectivity index (χ4n) is 2.89. The van der Waals surface area contributed by atoms with Gasteiger partial charge in [0.05, 0.1) is 11.2 Å². The third-order valence-electron chi connectivity index (χ3n) is 4.02. The van der Waals surface area contributed by atoms with E-state index in [2.05, 4.69) is 5.32 Å². The van der Waals surface area contributed by atoms with Gasteiger partial charge >= 0.3 is 5.97 Å². The third-order valence-corrected chi connectivity index (χ3v) is 4.02. The molecule has 0 radical (unpaired) electrons. The number of carboxylic acid groups (broad SMARTS) is 1. The van der Waals surface area contributed by atoms with Crippen LogP contribution in [0.5, 0.6) is 0 Å². The minimum absolute atomic E-state index is 0.216. The first kappa shape index (κ1) is 15.8. The second-order valence-electron chi connectivity index (χ2n) is 5.46. The molecule has 0 aliphatic heterocycles. The molecule has 5 nitrogen and oxygen atoms in total. The average molecular weight is 322 g/mol. The summed E-state index contributed by atoms with van der Waals surface area (Å²) in [5.41, 5.74) is 1.41. The highest BCUT2D eigenvalue weighted by Gasteiger charge is 2.21. The number of carbonyl (C=O) groups is 1. The first-order valence-electron chi connectivity index (χ1n) is 7.80. The third kappa shape index (κ3) is 2.76. The van der Waals surface area contributed by atoms with Crippen molar-refractivity contribution in [1.29, 1.82) is 0 Å². The number of nitrogens with one attached hydrogen (secondary N) is 1. The number of nitrogens with zero attached hydrogens (tertiary/aromatic N) is 1. The largest absolute Gasteiger partial charge is 0.477 e. The molecule has 5 heteroatoms. The molecule has 2 aromatic carbocycles. The zero-order chi connectivity index (χ0) is 17.1. The second-order valence-corrected chi connectivity index (χ2v) is 5.46. The van der Waals surface area contributed by atoms with Crippen LogP contribution in [0.15, 0.2) is 59.4 Å². The Morgan fingerprint density at radius 3 is 2.42 bits per heavy atom. The standard InChI is InChI=1S/C19H18N2O3/c1-2-21-15-11-7-6-10-14(15)17(16(18(21)22)19(23)24)20-12-13-8-4-3-5-9-13/h3-11,20H,2,12H2,1H3,(H,23,24). The Morgan fingerprint density at radius 2 is 1.75 bits per heavy atom. The number of fused-ring (bicyclic) bond motifs is 1. The van der Waals surface area contributed by atoms with Crippen LogP contribution in [0, 0.1) is 0 Å². The number of carboxylic acids is 1. The molecule has 1 heterocycles. The molecule has 3 rings (SSSR count). The summed E-state index contributed by atoms with van der Waals surface area (Å²) in [6.07, 6.45) is 0. The van der Waals surface area contributed by atoms with Crippen molar-refractivity contribution in [1.82, 2.24) is 4.57 Å². The smallest absolute Gasteiger partial charge is 0.343 e. The molecule has 0 saturated carbocycles. The number of aryl methyl sites for hydroxylation is 1. The Kier molecular flexibility index (Phi) is 4.33. The number of aromatic carboxylic acids is 1. The summed E-state index contributed by atoms with van der Waals surface area (Å²) in [6, 6.07) is 17.0. The van der Waals surface area contributed by atoms with E-state index < -0.39 is 11.5 Å². The van der Waals surface area contributed by atoms with E-state index in [1.54, 1.807) is 0 Å². The number of aromatic nitrogens is 1. The topological polar surface area (TPSA) is 71.3 Å². The summed E-state index contributed by atoms with van der Waals surface area (Å²) in [6.45, 7) is 2.69. The van der Waals surface area contributed by atoms with E-state index in [9.17, 15) is 14.7 Å². The molecule has 24 heavy (non-hydrogen) atoms. The van der Waals surface area contributed by atoms with Crippen LogP contribution < -0.4 is 10.9 Å². The number of rotatable bonds is 5. The van der Waals surface area contributed by atoms with Gasteiger partial charge in [0.15, 0.2) is 0 Å². The van der Waals surface area contributed by atoms with Crippen molar-refractivity contribution in [3.05, 3.63) is 76.1 Å². The van der Waals surface area contributed by atoms with Crippen LogP contribution >= 0.6 is 0 Å². The normalized spacial score (nSPS) is 10.7. The first-order chi connectivity index (χ1) is 11.6. The maximum atomic E-state index is 12.6. The number of pyridine rings is 1. The van der Waals surface area contributed by atoms with E-state index in [0.29, 0.717) is 18.8 Å². The van der Waals surface area contributed by atoms with Gasteiger partial charge < -0.3 is 15.0 Å². The van der Waals surface area contributed by atoms with Gasteiger partial charge in [-0.2, -0.15) is 0 Å². The van der Waals surface area contributed by atoms with Gasteiger partial charge in [-0.3, -0.25) is 4.79 Å². The molecule has 3 aromatic rings. The molecule has 1 aromatic heterocycles. The van der Waals surface area contributed by atoms with Crippen molar-refractivity contribution in [2.24, 2.45) is 0 Å². The summed E-state index contributed by atoms with van der Waals surface area (Å²) in [4.78, 5) is 24.3. The predicted molar refractivity (Wildman–Crippen MR) is 94.6 cm³/mol. The van der Waals surface area contributed by atoms with E-state index in [1.807, 2.05) is 61.5 Å². The first-order valence-corrected chi connectivity index (χ1v) is 7.80. The molecular formula is C19H18N2O3. The van der Waals surface area contributed by atoms with Gasteiger partial charge in [0.25, 0.3) is 5.56 Å². The highest BCUT2D eigenvalue weighted by atomic mass is 16.4. The van der Waals surface area contributed by atoms with E-state index >= 15 is 0 Å². The zero-order valence-corrected chi connectivity index (χ0v) is 13.3. The highest BCUT2D eigenvalue weighted by molar-refractivity contribution is 6.04. The molecule has 0 spiro atoms. The lowest BCUT2D eigenvalue weighted by atomic mass is 10.1. The maximum Gasteiger partial charge on any atom is 0.343 e. The zero-order valence-electron chi connectivity index (χ0n) is 13.3. The molecule has 0 aliphatic rings. The fourth-order valence-corrected chi connectivity index (χ4v) is 2.89. The summed E-state index contributed by atoms with van der Waals surface area (Å²) >= 11 is 0. The van der Waals surface area contributed by atoms with Crippen molar-refractivity contribution < 1.29 is 9.90 Å². The lowest BCUT2D eigenvalue weighted by molar-refractivity contribution is 0.0695. The molecule has 0 atom stereocenters. The van der Waals surface area contributed by atoms with Gasteiger partial charge in [-0.25, -0.2) is 4.79 Å². The van der Waals surface area contributed by atoms with Crippen LogP contribution in [0.4, 0.5) is 5.69 Å². The van der Waals surface area contributed by atoms with Gasteiger partial charge in [0, 0.05) is 18.5 Å². The van der Waals surface area contributed by atoms with Crippen molar-refractivity contribution in [2.75, 3.05) is 5.32 Å². The van der Waals surface area contributed by atoms with Crippen LogP contribution in [0.2, 0.25) is 0 Å². The van der Waals surface area contributed by atoms with E-state index in [-0.39, 0.29) is 5.56 Å². The lowest BCUT2D eigenvalue weighted by Gasteiger charge is -2.16. The van der Waals surface area contributed by atoms with Crippen LogP contribution in [-0.2, 0) is 13.1 Å². The minimum Gasteiger partial charge on any atom is -0.477 e. The number of hydrogen-bond acceptors (Lipinski definition) is 3. The molecular weight excluding hydrogens is 304 g/mol. The highest BCUT2D eigenvalue weighted by Crippen LogP contribution is 2.26. The molecule has 0 unspecified atom stereocenters. The number of benzene rings is 2. The van der Waals surface area contributed by atoms with Crippen LogP contribution in [0.1, 0.15) is 22.8 Å². The van der Waals surface area contributed by atoms with E-state index in [1.165, 1.54) is 4.57 Å². The Balaban J connectivity index is 2.19. The quantitative estimate of drug-likeness (QED) is 0.756.